The van der Waals surface area contributed by atoms with E-state index in [-0.39, 0.29) is 33.0 Å². The topological polar surface area (TPSA) is 63.6 Å². The SMILES string of the molecule is C=C(C)C1CCC2(C(=O)OC)CCC3(C)C(CCC4C5(C)CC=C(c6ccc(C(=O)O)cc6)C(C)(C)C5CCC43C)C12. The molecule has 0 heterocycles. The van der Waals surface area contributed by atoms with Gasteiger partial charge < -0.3 is 9.84 Å². The number of allylic oxidation sites excluding steroid dienone is 3. The van der Waals surface area contributed by atoms with Crippen molar-refractivity contribution in [2.24, 2.45) is 56.7 Å². The second-order valence-electron chi connectivity index (χ2n) is 16.3. The van der Waals surface area contributed by atoms with Crippen molar-refractivity contribution in [2.45, 2.75) is 99.3 Å². The molecular weight excluding hydrogens is 520 g/mol. The van der Waals surface area contributed by atoms with Crippen molar-refractivity contribution < 1.29 is 19.4 Å². The number of hydrogen-bond acceptors (Lipinski definition) is 3. The molecule has 9 unspecified atom stereocenters. The molecule has 228 valence electrons. The molecule has 0 aromatic heterocycles. The van der Waals surface area contributed by atoms with Gasteiger partial charge in [-0.3, -0.25) is 4.79 Å². The summed E-state index contributed by atoms with van der Waals surface area (Å²) in [7, 11) is 1.59. The van der Waals surface area contributed by atoms with E-state index in [4.69, 9.17) is 4.74 Å². The lowest BCUT2D eigenvalue weighted by Crippen LogP contribution is -2.66. The van der Waals surface area contributed by atoms with Crippen molar-refractivity contribution in [2.75, 3.05) is 7.11 Å². The highest BCUT2D eigenvalue weighted by Crippen LogP contribution is 2.77. The Bertz CT molecular complexity index is 1340. The zero-order valence-corrected chi connectivity index (χ0v) is 27.0. The van der Waals surface area contributed by atoms with E-state index in [0.29, 0.717) is 35.2 Å². The first-order valence-corrected chi connectivity index (χ1v) is 16.5. The van der Waals surface area contributed by atoms with Gasteiger partial charge in [0.15, 0.2) is 0 Å². The fraction of sp³-hybridized carbons (Fsp3) is 0.684. The van der Waals surface area contributed by atoms with E-state index >= 15 is 0 Å². The Morgan fingerprint density at radius 3 is 2.19 bits per heavy atom. The van der Waals surface area contributed by atoms with E-state index in [1.165, 1.54) is 36.8 Å². The van der Waals surface area contributed by atoms with Gasteiger partial charge in [-0.25, -0.2) is 4.79 Å². The van der Waals surface area contributed by atoms with Crippen LogP contribution in [0.4, 0.5) is 0 Å². The van der Waals surface area contributed by atoms with Crippen LogP contribution in [0.2, 0.25) is 0 Å². The van der Waals surface area contributed by atoms with E-state index in [9.17, 15) is 14.7 Å². The number of carbonyl (C=O) groups excluding carboxylic acids is 1. The van der Waals surface area contributed by atoms with Gasteiger partial charge in [-0.2, -0.15) is 0 Å². The second kappa shape index (κ2) is 9.57. The number of carboxylic acid groups (broad SMARTS) is 1. The Morgan fingerprint density at radius 2 is 1.57 bits per heavy atom. The summed E-state index contributed by atoms with van der Waals surface area (Å²) >= 11 is 0. The summed E-state index contributed by atoms with van der Waals surface area (Å²) in [6.07, 6.45) is 12.5. The molecule has 1 aromatic rings. The van der Waals surface area contributed by atoms with Gasteiger partial charge >= 0.3 is 11.9 Å². The van der Waals surface area contributed by atoms with E-state index in [2.05, 4.69) is 54.2 Å². The normalized spacial score (nSPS) is 43.6. The molecular formula is C38H52O4. The highest BCUT2D eigenvalue weighted by Gasteiger charge is 2.71. The third-order valence-electron chi connectivity index (χ3n) is 14.7. The van der Waals surface area contributed by atoms with Gasteiger partial charge in [0.1, 0.15) is 0 Å². The Morgan fingerprint density at radius 1 is 0.881 bits per heavy atom. The van der Waals surface area contributed by atoms with Crippen LogP contribution in [0, 0.1) is 56.7 Å². The van der Waals surface area contributed by atoms with Crippen LogP contribution in [0.15, 0.2) is 42.5 Å². The molecule has 6 rings (SSSR count). The number of benzene rings is 1. The van der Waals surface area contributed by atoms with E-state index in [1.807, 2.05) is 12.1 Å². The van der Waals surface area contributed by atoms with Gasteiger partial charge in [0.2, 0.25) is 0 Å². The average Bonchev–Trinajstić information content (AvgIpc) is 3.34. The summed E-state index contributed by atoms with van der Waals surface area (Å²) in [6, 6.07) is 7.52. The van der Waals surface area contributed by atoms with Gasteiger partial charge in [-0.05, 0) is 139 Å². The predicted molar refractivity (Wildman–Crippen MR) is 168 cm³/mol. The van der Waals surface area contributed by atoms with Crippen molar-refractivity contribution in [3.05, 3.63) is 53.6 Å². The van der Waals surface area contributed by atoms with Crippen LogP contribution in [0.5, 0.6) is 0 Å². The van der Waals surface area contributed by atoms with Gasteiger partial charge in [-0.15, -0.1) is 0 Å². The first kappa shape index (κ1) is 29.7. The van der Waals surface area contributed by atoms with Crippen LogP contribution in [0.25, 0.3) is 5.57 Å². The van der Waals surface area contributed by atoms with Crippen molar-refractivity contribution in [3.8, 4) is 0 Å². The number of hydrogen-bond donors (Lipinski definition) is 1. The summed E-state index contributed by atoms with van der Waals surface area (Å²) in [5.41, 5.74) is 4.40. The molecule has 42 heavy (non-hydrogen) atoms. The maximum absolute atomic E-state index is 13.5. The van der Waals surface area contributed by atoms with Crippen LogP contribution >= 0.6 is 0 Å². The maximum atomic E-state index is 13.5. The van der Waals surface area contributed by atoms with Crippen molar-refractivity contribution in [3.63, 3.8) is 0 Å². The Balaban J connectivity index is 1.37. The molecule has 1 N–H and O–H groups in total. The molecule has 5 aliphatic carbocycles. The molecule has 0 radical (unpaired) electrons. The van der Waals surface area contributed by atoms with Crippen LogP contribution in [0.1, 0.15) is 115 Å². The average molecular weight is 573 g/mol. The predicted octanol–water partition coefficient (Wildman–Crippen LogP) is 9.21. The van der Waals surface area contributed by atoms with Crippen molar-refractivity contribution in [1.29, 1.82) is 0 Å². The van der Waals surface area contributed by atoms with Crippen molar-refractivity contribution in [1.82, 2.24) is 0 Å². The molecule has 0 saturated heterocycles. The molecule has 9 atom stereocenters. The molecule has 0 spiro atoms. The molecule has 1 aromatic carbocycles. The van der Waals surface area contributed by atoms with Gasteiger partial charge in [-0.1, -0.05) is 65.0 Å². The number of methoxy groups -OCH3 is 1. The molecule has 0 amide bonds. The van der Waals surface area contributed by atoms with Gasteiger partial charge in [0.25, 0.3) is 0 Å². The van der Waals surface area contributed by atoms with Crippen molar-refractivity contribution >= 4 is 17.5 Å². The summed E-state index contributed by atoms with van der Waals surface area (Å²) < 4.78 is 5.54. The molecule has 4 heteroatoms. The molecule has 0 bridgehead atoms. The lowest BCUT2D eigenvalue weighted by atomic mass is 9.32. The molecule has 4 fully saturated rings. The number of aromatic carboxylic acids is 1. The number of rotatable bonds is 4. The zero-order valence-electron chi connectivity index (χ0n) is 27.0. The first-order valence-electron chi connectivity index (χ1n) is 16.5. The lowest BCUT2D eigenvalue weighted by molar-refractivity contribution is -0.228. The molecule has 4 nitrogen and oxygen atoms in total. The van der Waals surface area contributed by atoms with Crippen LogP contribution < -0.4 is 0 Å². The van der Waals surface area contributed by atoms with E-state index < -0.39 is 5.97 Å². The monoisotopic (exact) mass is 572 g/mol. The Kier molecular flexibility index (Phi) is 6.77. The van der Waals surface area contributed by atoms with Gasteiger partial charge in [0.05, 0.1) is 18.1 Å². The first-order chi connectivity index (χ1) is 19.7. The zero-order chi connectivity index (χ0) is 30.5. The lowest BCUT2D eigenvalue weighted by Gasteiger charge is -2.72. The summed E-state index contributed by atoms with van der Waals surface area (Å²) in [6.45, 7) is 19.3. The minimum atomic E-state index is -0.875. The largest absolute Gasteiger partial charge is 0.478 e. The number of ether oxygens (including phenoxy) is 1. The summed E-state index contributed by atoms with van der Waals surface area (Å²) in [5, 5.41) is 9.42. The smallest absolute Gasteiger partial charge is 0.335 e. The Labute approximate surface area is 253 Å². The molecule has 4 saturated carbocycles. The van der Waals surface area contributed by atoms with Crippen LogP contribution in [-0.2, 0) is 9.53 Å². The minimum absolute atomic E-state index is 0.0000730. The third-order valence-corrected chi connectivity index (χ3v) is 14.7. The Hall–Kier alpha value is -2.36. The van der Waals surface area contributed by atoms with E-state index in [0.717, 1.165) is 37.7 Å². The highest BCUT2D eigenvalue weighted by molar-refractivity contribution is 5.88. The molecule has 0 aliphatic heterocycles. The number of carboxylic acids is 1. The summed E-state index contributed by atoms with van der Waals surface area (Å²) in [4.78, 5) is 25.0. The number of fused-ring (bicyclic) bond motifs is 7. The number of carbonyl (C=O) groups is 2. The van der Waals surface area contributed by atoms with Crippen LogP contribution in [-0.4, -0.2) is 24.2 Å². The van der Waals surface area contributed by atoms with Crippen LogP contribution in [0.3, 0.4) is 0 Å². The van der Waals surface area contributed by atoms with E-state index in [1.54, 1.807) is 19.2 Å². The van der Waals surface area contributed by atoms with Gasteiger partial charge in [0, 0.05) is 0 Å². The quantitative estimate of drug-likeness (QED) is 0.289. The maximum Gasteiger partial charge on any atom is 0.335 e. The highest BCUT2D eigenvalue weighted by atomic mass is 16.5. The number of esters is 1. The fourth-order valence-corrected chi connectivity index (χ4v) is 12.6. The standard InChI is InChI=1S/C38H52O4/c1-23(2)26-15-20-38(33(41)42-8)22-21-36(6)28(31(26)38)13-14-30-35(5)18-16-27(24-9-11-25(12-10-24)32(39)40)34(3,4)29(35)17-19-37(30,36)7/h9-12,16,26,28-31H,1,13-15,17-22H2,2-8H3,(H,39,40). The third kappa shape index (κ3) is 3.71. The second-order valence-corrected chi connectivity index (χ2v) is 16.3. The fourth-order valence-electron chi connectivity index (χ4n) is 12.6. The minimum Gasteiger partial charge on any atom is -0.478 e. The summed E-state index contributed by atoms with van der Waals surface area (Å²) in [5.74, 6) is 1.62. The molecule has 5 aliphatic rings.